The Hall–Kier alpha value is -5.11. The lowest BCUT2D eigenvalue weighted by atomic mass is 9.94. The van der Waals surface area contributed by atoms with Crippen molar-refractivity contribution >= 4 is 17.8 Å². The molecule has 228 valence electrons. The Kier molecular flexibility index (Phi) is 11.1. The van der Waals surface area contributed by atoms with Crippen LogP contribution in [0.25, 0.3) is 11.1 Å². The van der Waals surface area contributed by atoms with E-state index in [0.717, 1.165) is 16.7 Å². The molecular formula is C36H38N2O6. The predicted octanol–water partition coefficient (Wildman–Crippen LogP) is 6.16. The van der Waals surface area contributed by atoms with Gasteiger partial charge in [-0.25, -0.2) is 0 Å². The number of aryl methyl sites for hydroxylation is 1. The molecule has 0 aliphatic carbocycles. The van der Waals surface area contributed by atoms with Crippen molar-refractivity contribution in [3.05, 3.63) is 119 Å². The number of carboxylic acid groups (broad SMARTS) is 1. The number of benzene rings is 4. The molecule has 0 aromatic heterocycles. The molecule has 0 atom stereocenters. The molecule has 8 nitrogen and oxygen atoms in total. The van der Waals surface area contributed by atoms with Gasteiger partial charge in [0.2, 0.25) is 0 Å². The van der Waals surface area contributed by atoms with E-state index < -0.39 is 5.97 Å². The van der Waals surface area contributed by atoms with Gasteiger partial charge in [-0.2, -0.15) is 0 Å². The lowest BCUT2D eigenvalue weighted by Crippen LogP contribution is -2.35. The Morgan fingerprint density at radius 1 is 0.795 bits per heavy atom. The maximum absolute atomic E-state index is 14.1. The smallest absolute Gasteiger partial charge is 0.305 e. The molecule has 0 aliphatic heterocycles. The van der Waals surface area contributed by atoms with E-state index in [9.17, 15) is 19.5 Å². The highest BCUT2D eigenvalue weighted by atomic mass is 16.5. The average molecular weight is 595 g/mol. The summed E-state index contributed by atoms with van der Waals surface area (Å²) in [5, 5.41) is 12.4. The fraction of sp³-hybridized carbons (Fsp3) is 0.250. The number of hydrogen-bond acceptors (Lipinski definition) is 5. The number of aliphatic carboxylic acids is 1. The average Bonchev–Trinajstić information content (AvgIpc) is 3.03. The summed E-state index contributed by atoms with van der Waals surface area (Å²) in [5.74, 6) is -0.328. The van der Waals surface area contributed by atoms with Crippen molar-refractivity contribution in [3.63, 3.8) is 0 Å². The second-order valence-electron chi connectivity index (χ2n) is 10.4. The van der Waals surface area contributed by atoms with Crippen LogP contribution in [0.15, 0.2) is 91.0 Å². The van der Waals surface area contributed by atoms with Crippen molar-refractivity contribution in [2.75, 3.05) is 26.8 Å². The van der Waals surface area contributed by atoms with Gasteiger partial charge in [0, 0.05) is 30.8 Å². The number of rotatable bonds is 14. The van der Waals surface area contributed by atoms with E-state index in [2.05, 4.69) is 5.32 Å². The van der Waals surface area contributed by atoms with Crippen molar-refractivity contribution in [1.29, 1.82) is 0 Å². The van der Waals surface area contributed by atoms with E-state index in [-0.39, 0.29) is 31.3 Å². The zero-order chi connectivity index (χ0) is 31.5. The molecule has 0 fully saturated rings. The molecule has 4 aromatic carbocycles. The molecule has 0 spiro atoms. The van der Waals surface area contributed by atoms with Gasteiger partial charge in [0.15, 0.2) is 11.5 Å². The highest BCUT2D eigenvalue weighted by molar-refractivity contribution is 6.06. The number of amides is 2. The molecule has 4 rings (SSSR count). The monoisotopic (exact) mass is 594 g/mol. The minimum atomic E-state index is -0.991. The molecule has 2 amide bonds. The molecule has 8 heteroatoms. The van der Waals surface area contributed by atoms with Gasteiger partial charge in [-0.1, -0.05) is 72.3 Å². The number of carbonyl (C=O) groups excluding carboxylic acids is 2. The van der Waals surface area contributed by atoms with Gasteiger partial charge in [0.05, 0.1) is 20.1 Å². The van der Waals surface area contributed by atoms with Crippen LogP contribution in [0.2, 0.25) is 0 Å². The first-order chi connectivity index (χ1) is 21.3. The summed E-state index contributed by atoms with van der Waals surface area (Å²) in [4.78, 5) is 40.5. The summed E-state index contributed by atoms with van der Waals surface area (Å²) in [7, 11) is 1.58. The number of nitrogens with one attached hydrogen (secondary N) is 1. The van der Waals surface area contributed by atoms with Crippen LogP contribution in [0.1, 0.15) is 50.8 Å². The third-order valence-corrected chi connectivity index (χ3v) is 7.24. The van der Waals surface area contributed by atoms with E-state index in [1.165, 1.54) is 0 Å². The molecule has 0 unspecified atom stereocenters. The molecule has 44 heavy (non-hydrogen) atoms. The normalized spacial score (nSPS) is 10.6. The van der Waals surface area contributed by atoms with Gasteiger partial charge in [0.25, 0.3) is 11.8 Å². The summed E-state index contributed by atoms with van der Waals surface area (Å²) in [6, 6.07) is 27.8. The van der Waals surface area contributed by atoms with Crippen LogP contribution in [-0.2, 0) is 17.8 Å². The van der Waals surface area contributed by atoms with Crippen molar-refractivity contribution in [1.82, 2.24) is 10.2 Å². The van der Waals surface area contributed by atoms with E-state index in [1.807, 2.05) is 80.6 Å². The maximum Gasteiger partial charge on any atom is 0.305 e. The summed E-state index contributed by atoms with van der Waals surface area (Å²) >= 11 is 0. The number of hydrogen-bond donors (Lipinski definition) is 2. The Labute approximate surface area is 258 Å². The van der Waals surface area contributed by atoms with Crippen LogP contribution in [0.5, 0.6) is 11.5 Å². The van der Waals surface area contributed by atoms with Gasteiger partial charge >= 0.3 is 5.97 Å². The van der Waals surface area contributed by atoms with Crippen LogP contribution >= 0.6 is 0 Å². The number of methoxy groups -OCH3 is 1. The third kappa shape index (κ3) is 8.25. The highest BCUT2D eigenvalue weighted by Crippen LogP contribution is 2.30. The van der Waals surface area contributed by atoms with Crippen molar-refractivity contribution in [2.24, 2.45) is 0 Å². The Morgan fingerprint density at radius 2 is 1.50 bits per heavy atom. The summed E-state index contributed by atoms with van der Waals surface area (Å²) < 4.78 is 11.1. The first kappa shape index (κ1) is 31.8. The number of carbonyl (C=O) groups is 3. The van der Waals surface area contributed by atoms with Crippen molar-refractivity contribution in [3.8, 4) is 22.6 Å². The van der Waals surface area contributed by atoms with Crippen LogP contribution < -0.4 is 14.8 Å². The van der Waals surface area contributed by atoms with Gasteiger partial charge in [-0.15, -0.1) is 0 Å². The number of nitrogens with zero attached hydrogens (tertiary/aromatic N) is 1. The molecule has 4 aromatic rings. The molecule has 0 bridgehead atoms. The summed E-state index contributed by atoms with van der Waals surface area (Å²) in [6.45, 7) is 5.07. The second kappa shape index (κ2) is 15.4. The first-order valence-corrected chi connectivity index (χ1v) is 14.6. The maximum atomic E-state index is 14.1. The van der Waals surface area contributed by atoms with Gasteiger partial charge in [-0.05, 0) is 66.8 Å². The Bertz CT molecular complexity index is 1620. The fourth-order valence-corrected chi connectivity index (χ4v) is 5.04. The summed E-state index contributed by atoms with van der Waals surface area (Å²) in [6.07, 6.45) is 0.286. The van der Waals surface area contributed by atoms with Gasteiger partial charge in [0.1, 0.15) is 0 Å². The minimum absolute atomic E-state index is 0.0373. The van der Waals surface area contributed by atoms with Crippen LogP contribution in [0, 0.1) is 6.92 Å². The number of carboxylic acids is 1. The zero-order valence-corrected chi connectivity index (χ0v) is 25.3. The molecule has 0 radical (unpaired) electrons. The van der Waals surface area contributed by atoms with Gasteiger partial charge < -0.3 is 24.8 Å². The van der Waals surface area contributed by atoms with Crippen molar-refractivity contribution in [2.45, 2.75) is 33.2 Å². The molecule has 0 saturated heterocycles. The van der Waals surface area contributed by atoms with Crippen molar-refractivity contribution < 1.29 is 29.0 Å². The van der Waals surface area contributed by atoms with E-state index in [1.54, 1.807) is 36.3 Å². The largest absolute Gasteiger partial charge is 0.493 e. The Morgan fingerprint density at radius 3 is 2.18 bits per heavy atom. The SMILES string of the molecule is CCOc1cc(CCN(CCC(=O)O)C(=O)c2ccccc2-c2ccccc2C(=O)NCc2cccc(C)c2)ccc1OC. The predicted molar refractivity (Wildman–Crippen MR) is 170 cm³/mol. The lowest BCUT2D eigenvalue weighted by molar-refractivity contribution is -0.137. The minimum Gasteiger partial charge on any atom is -0.493 e. The van der Waals surface area contributed by atoms with E-state index >= 15 is 0 Å². The molecule has 2 N–H and O–H groups in total. The highest BCUT2D eigenvalue weighted by Gasteiger charge is 2.23. The number of ether oxygens (including phenoxy) is 2. The molecular weight excluding hydrogens is 556 g/mol. The quantitative estimate of drug-likeness (QED) is 0.181. The van der Waals surface area contributed by atoms with Crippen LogP contribution in [0.3, 0.4) is 0 Å². The third-order valence-electron chi connectivity index (χ3n) is 7.24. The van der Waals surface area contributed by atoms with Crippen LogP contribution in [0.4, 0.5) is 0 Å². The fourth-order valence-electron chi connectivity index (χ4n) is 5.04. The molecule has 0 heterocycles. The summed E-state index contributed by atoms with van der Waals surface area (Å²) in [5.41, 5.74) is 5.08. The van der Waals surface area contributed by atoms with E-state index in [4.69, 9.17) is 9.47 Å². The lowest BCUT2D eigenvalue weighted by Gasteiger charge is -2.24. The Balaban J connectivity index is 1.60. The first-order valence-electron chi connectivity index (χ1n) is 14.6. The van der Waals surface area contributed by atoms with Gasteiger partial charge in [-0.3, -0.25) is 14.4 Å². The zero-order valence-electron chi connectivity index (χ0n) is 25.3. The molecule has 0 saturated carbocycles. The topological polar surface area (TPSA) is 105 Å². The van der Waals surface area contributed by atoms with E-state index in [0.29, 0.717) is 53.3 Å². The second-order valence-corrected chi connectivity index (χ2v) is 10.4. The van der Waals surface area contributed by atoms with Crippen LogP contribution in [-0.4, -0.2) is 54.6 Å². The standard InChI is InChI=1S/C36H38N2O6/c1-4-44-33-23-26(16-17-32(33)43-3)18-20-38(21-19-34(39)40)36(42)31-15-8-6-13-29(31)28-12-5-7-14-30(28)35(41)37-24-27-11-9-10-25(2)22-27/h5-17,22-23H,4,18-21,24H2,1-3H3,(H,37,41)(H,39,40). The molecule has 0 aliphatic rings.